The molecule has 7 nitrogen and oxygen atoms in total. The van der Waals surface area contributed by atoms with Crippen molar-refractivity contribution in [2.75, 3.05) is 7.05 Å². The number of imide groups is 1. The van der Waals surface area contributed by atoms with E-state index in [1.165, 1.54) is 9.80 Å². The standard InChI is InChI=1S/C17H17N4O3/c1-10-5-4-6-12(7-10)9-21-15(22)13-14(19(3)17(21)23)18-16-20(13)8-11(2)24-16/h4-8,13H,9H2,1-3H3/q+1. The highest BCUT2D eigenvalue weighted by atomic mass is 16.4. The van der Waals surface area contributed by atoms with Crippen LogP contribution in [-0.4, -0.2) is 34.6 Å². The van der Waals surface area contributed by atoms with Crippen molar-refractivity contribution >= 4 is 23.8 Å². The van der Waals surface area contributed by atoms with Gasteiger partial charge in [-0.05, 0) is 19.4 Å². The highest BCUT2D eigenvalue weighted by Gasteiger charge is 2.54. The molecule has 2 aliphatic heterocycles. The summed E-state index contributed by atoms with van der Waals surface area (Å²) in [6, 6.07) is 7.10. The van der Waals surface area contributed by atoms with Gasteiger partial charge in [-0.25, -0.2) is 4.79 Å². The summed E-state index contributed by atoms with van der Waals surface area (Å²) in [5, 5.41) is 0. The topological polar surface area (TPSA) is 70.0 Å². The summed E-state index contributed by atoms with van der Waals surface area (Å²) in [5.41, 5.74) is 2.00. The Hall–Kier alpha value is -2.96. The molecule has 0 saturated carbocycles. The minimum Gasteiger partial charge on any atom is -0.390 e. The first-order valence-corrected chi connectivity index (χ1v) is 7.70. The average molecular weight is 325 g/mol. The van der Waals surface area contributed by atoms with Gasteiger partial charge in [0.1, 0.15) is 12.0 Å². The van der Waals surface area contributed by atoms with E-state index in [1.54, 1.807) is 24.7 Å². The van der Waals surface area contributed by atoms with Crippen LogP contribution in [0.4, 0.5) is 10.8 Å². The molecule has 1 aromatic heterocycles. The van der Waals surface area contributed by atoms with E-state index in [9.17, 15) is 9.59 Å². The van der Waals surface area contributed by atoms with Crippen LogP contribution in [0, 0.1) is 13.8 Å². The summed E-state index contributed by atoms with van der Waals surface area (Å²) < 4.78 is 7.17. The Morgan fingerprint density at radius 3 is 2.83 bits per heavy atom. The lowest BCUT2D eigenvalue weighted by Gasteiger charge is -2.32. The lowest BCUT2D eigenvalue weighted by molar-refractivity contribution is -0.679. The predicted octanol–water partition coefficient (Wildman–Crippen LogP) is 1.86. The Kier molecular flexibility index (Phi) is 3.06. The van der Waals surface area contributed by atoms with Crippen molar-refractivity contribution in [1.82, 2.24) is 9.80 Å². The largest absolute Gasteiger partial charge is 0.506 e. The van der Waals surface area contributed by atoms with Crippen LogP contribution in [0.3, 0.4) is 0 Å². The number of benzene rings is 1. The molecule has 2 aromatic rings. The third-order valence-electron chi connectivity index (χ3n) is 4.31. The number of fused-ring (bicyclic) bond motifs is 3. The molecule has 0 radical (unpaired) electrons. The smallest absolute Gasteiger partial charge is 0.390 e. The number of amides is 3. The molecule has 122 valence electrons. The maximum atomic E-state index is 13.0. The summed E-state index contributed by atoms with van der Waals surface area (Å²) in [4.78, 5) is 32.6. The highest BCUT2D eigenvalue weighted by Crippen LogP contribution is 2.29. The van der Waals surface area contributed by atoms with Crippen molar-refractivity contribution in [3.8, 4) is 0 Å². The Labute approximate surface area is 138 Å². The van der Waals surface area contributed by atoms with Crippen LogP contribution >= 0.6 is 0 Å². The number of hydrogen-bond acceptors (Lipinski definition) is 4. The van der Waals surface area contributed by atoms with Crippen LogP contribution in [0.1, 0.15) is 22.9 Å². The molecule has 1 fully saturated rings. The van der Waals surface area contributed by atoms with Gasteiger partial charge in [0.2, 0.25) is 0 Å². The number of aliphatic imine (C=N–C) groups is 1. The van der Waals surface area contributed by atoms with Gasteiger partial charge >= 0.3 is 12.0 Å². The zero-order valence-electron chi connectivity index (χ0n) is 13.7. The number of amidine groups is 1. The minimum absolute atomic E-state index is 0.236. The highest BCUT2D eigenvalue weighted by molar-refractivity contribution is 6.18. The fraction of sp³-hybridized carbons (Fsp3) is 0.294. The number of aromatic nitrogens is 1. The number of rotatable bonds is 2. The fourth-order valence-corrected chi connectivity index (χ4v) is 3.17. The molecule has 24 heavy (non-hydrogen) atoms. The van der Waals surface area contributed by atoms with Gasteiger partial charge in [0.05, 0.1) is 6.54 Å². The van der Waals surface area contributed by atoms with E-state index < -0.39 is 6.04 Å². The molecule has 0 spiro atoms. The third-order valence-corrected chi connectivity index (χ3v) is 4.31. The molecule has 4 rings (SSSR count). The quantitative estimate of drug-likeness (QED) is 0.791. The number of nitrogens with zero attached hydrogens (tertiary/aromatic N) is 4. The maximum absolute atomic E-state index is 13.0. The third kappa shape index (κ3) is 2.05. The first-order chi connectivity index (χ1) is 11.5. The Morgan fingerprint density at radius 1 is 1.29 bits per heavy atom. The Balaban J connectivity index is 1.71. The average Bonchev–Trinajstić information content (AvgIpc) is 3.05. The SMILES string of the molecule is Cc1cccc(CN2C(=O)C3C(=Nc4oc(C)c[n+]43)N(C)C2=O)c1. The molecule has 1 unspecified atom stereocenters. The van der Waals surface area contributed by atoms with E-state index in [4.69, 9.17) is 4.42 Å². The van der Waals surface area contributed by atoms with Crippen molar-refractivity contribution in [2.45, 2.75) is 26.4 Å². The van der Waals surface area contributed by atoms with Gasteiger partial charge in [0, 0.05) is 12.0 Å². The molecular weight excluding hydrogens is 308 g/mol. The molecule has 0 N–H and O–H groups in total. The minimum atomic E-state index is -0.648. The Morgan fingerprint density at radius 2 is 2.08 bits per heavy atom. The van der Waals surface area contributed by atoms with Gasteiger partial charge in [0.25, 0.3) is 17.8 Å². The summed E-state index contributed by atoms with van der Waals surface area (Å²) in [5.74, 6) is 0.789. The van der Waals surface area contributed by atoms with E-state index in [2.05, 4.69) is 4.99 Å². The second-order valence-corrected chi connectivity index (χ2v) is 6.16. The zero-order chi connectivity index (χ0) is 17.0. The normalized spacial score (nSPS) is 19.5. The van der Waals surface area contributed by atoms with Gasteiger partial charge in [-0.15, -0.1) is 0 Å². The van der Waals surface area contributed by atoms with Gasteiger partial charge in [-0.1, -0.05) is 29.8 Å². The first-order valence-electron chi connectivity index (χ1n) is 7.70. The summed E-state index contributed by atoms with van der Waals surface area (Å²) in [6.07, 6.45) is 1.74. The van der Waals surface area contributed by atoms with E-state index in [0.717, 1.165) is 11.1 Å². The second kappa shape index (κ2) is 5.02. The van der Waals surface area contributed by atoms with Crippen LogP contribution in [0.15, 0.2) is 39.9 Å². The van der Waals surface area contributed by atoms with Crippen LogP contribution in [0.5, 0.6) is 0 Å². The van der Waals surface area contributed by atoms with Crippen molar-refractivity contribution < 1.29 is 18.6 Å². The van der Waals surface area contributed by atoms with E-state index in [1.807, 2.05) is 31.2 Å². The van der Waals surface area contributed by atoms with Gasteiger partial charge in [0.15, 0.2) is 0 Å². The van der Waals surface area contributed by atoms with Gasteiger partial charge in [-0.2, -0.15) is 4.57 Å². The van der Waals surface area contributed by atoms with Crippen molar-refractivity contribution in [3.63, 3.8) is 0 Å². The zero-order valence-corrected chi connectivity index (χ0v) is 13.7. The molecule has 7 heteroatoms. The number of likely N-dealkylation sites (N-methyl/N-ethyl adjacent to an activating group) is 1. The van der Waals surface area contributed by atoms with Gasteiger partial charge < -0.3 is 4.42 Å². The molecular formula is C17H17N4O3+. The Bertz CT molecular complexity index is 899. The number of aryl methyl sites for hydroxylation is 2. The summed E-state index contributed by atoms with van der Waals surface area (Å²) in [6.45, 7) is 4.01. The number of urea groups is 1. The fourth-order valence-electron chi connectivity index (χ4n) is 3.17. The second-order valence-electron chi connectivity index (χ2n) is 6.16. The van der Waals surface area contributed by atoms with Crippen molar-refractivity contribution in [3.05, 3.63) is 47.3 Å². The van der Waals surface area contributed by atoms with Crippen LogP contribution in [0.25, 0.3) is 0 Å². The lowest BCUT2D eigenvalue weighted by atomic mass is 10.1. The molecule has 3 amide bonds. The number of carbonyl (C=O) groups is 2. The van der Waals surface area contributed by atoms with Crippen molar-refractivity contribution in [2.24, 2.45) is 4.99 Å². The molecule has 3 heterocycles. The van der Waals surface area contributed by atoms with E-state index in [0.29, 0.717) is 17.6 Å². The summed E-state index contributed by atoms with van der Waals surface area (Å²) >= 11 is 0. The summed E-state index contributed by atoms with van der Waals surface area (Å²) in [7, 11) is 1.63. The van der Waals surface area contributed by atoms with E-state index >= 15 is 0 Å². The number of hydrogen-bond donors (Lipinski definition) is 0. The van der Waals surface area contributed by atoms with Crippen LogP contribution in [-0.2, 0) is 11.3 Å². The molecule has 1 aromatic carbocycles. The first kappa shape index (κ1) is 14.6. The van der Waals surface area contributed by atoms with Gasteiger partial charge in [-0.3, -0.25) is 14.6 Å². The monoisotopic (exact) mass is 325 g/mol. The number of oxazole rings is 1. The van der Waals surface area contributed by atoms with Crippen molar-refractivity contribution in [1.29, 1.82) is 0 Å². The van der Waals surface area contributed by atoms with E-state index in [-0.39, 0.29) is 18.5 Å². The molecule has 0 bridgehead atoms. The molecule has 0 aliphatic carbocycles. The number of carbonyl (C=O) groups excluding carboxylic acids is 2. The molecule has 1 atom stereocenters. The lowest BCUT2D eigenvalue weighted by Crippen LogP contribution is -2.62. The molecule has 2 aliphatic rings. The van der Waals surface area contributed by atoms with Crippen LogP contribution in [0.2, 0.25) is 0 Å². The predicted molar refractivity (Wildman–Crippen MR) is 84.7 cm³/mol. The maximum Gasteiger partial charge on any atom is 0.506 e. The molecule has 1 saturated heterocycles. The van der Waals surface area contributed by atoms with Crippen LogP contribution < -0.4 is 4.57 Å².